The van der Waals surface area contributed by atoms with Crippen LogP contribution in [0.1, 0.15) is 5.69 Å². The van der Waals surface area contributed by atoms with Gasteiger partial charge in [0.15, 0.2) is 16.6 Å². The maximum Gasteiger partial charge on any atom is 0.311 e. The third-order valence-corrected chi connectivity index (χ3v) is 3.70. The molecule has 3 rings (SSSR count). The number of hydrogen-bond donors (Lipinski definition) is 1. The van der Waals surface area contributed by atoms with E-state index in [1.54, 1.807) is 0 Å². The van der Waals surface area contributed by atoms with E-state index in [0.29, 0.717) is 24.0 Å². The average molecular weight is 306 g/mol. The maximum atomic E-state index is 11.2. The minimum Gasteiger partial charge on any atom is -0.486 e. The number of carbonyl (C=O) groups is 1. The number of anilines is 2. The molecule has 2 heterocycles. The van der Waals surface area contributed by atoms with Crippen molar-refractivity contribution in [3.05, 3.63) is 29.3 Å². The van der Waals surface area contributed by atoms with Gasteiger partial charge in [0.1, 0.15) is 13.2 Å². The van der Waals surface area contributed by atoms with Crippen LogP contribution < -0.4 is 14.8 Å². The highest BCUT2D eigenvalue weighted by Gasteiger charge is 2.13. The maximum absolute atomic E-state index is 11.2. The van der Waals surface area contributed by atoms with Crippen LogP contribution in [0.3, 0.4) is 0 Å². The smallest absolute Gasteiger partial charge is 0.311 e. The molecule has 21 heavy (non-hydrogen) atoms. The van der Waals surface area contributed by atoms with Crippen molar-refractivity contribution in [3.8, 4) is 11.5 Å². The zero-order chi connectivity index (χ0) is 14.7. The largest absolute Gasteiger partial charge is 0.486 e. The van der Waals surface area contributed by atoms with Gasteiger partial charge in [-0.3, -0.25) is 4.79 Å². The Labute approximate surface area is 125 Å². The fourth-order valence-electron chi connectivity index (χ4n) is 1.91. The minimum atomic E-state index is -0.300. The first-order valence-corrected chi connectivity index (χ1v) is 7.30. The Morgan fingerprint density at radius 2 is 2.19 bits per heavy atom. The number of hydrogen-bond acceptors (Lipinski definition) is 7. The van der Waals surface area contributed by atoms with Gasteiger partial charge < -0.3 is 19.5 Å². The fourth-order valence-corrected chi connectivity index (χ4v) is 2.64. The highest BCUT2D eigenvalue weighted by Crippen LogP contribution is 2.34. The van der Waals surface area contributed by atoms with Crippen LogP contribution in [-0.4, -0.2) is 31.3 Å². The normalized spacial score (nSPS) is 12.8. The number of nitrogens with one attached hydrogen (secondary N) is 1. The van der Waals surface area contributed by atoms with Crippen LogP contribution in [0.15, 0.2) is 23.6 Å². The molecule has 0 amide bonds. The van der Waals surface area contributed by atoms with Gasteiger partial charge in [0.25, 0.3) is 0 Å². The Hall–Kier alpha value is -2.28. The lowest BCUT2D eigenvalue weighted by atomic mass is 10.2. The molecule has 0 unspecified atom stereocenters. The van der Waals surface area contributed by atoms with Crippen molar-refractivity contribution >= 4 is 28.1 Å². The molecule has 0 saturated carbocycles. The van der Waals surface area contributed by atoms with Crippen LogP contribution in [0.25, 0.3) is 0 Å². The van der Waals surface area contributed by atoms with Gasteiger partial charge in [0, 0.05) is 17.1 Å². The molecule has 0 spiro atoms. The molecule has 0 saturated heterocycles. The Morgan fingerprint density at radius 1 is 1.38 bits per heavy atom. The highest BCUT2D eigenvalue weighted by molar-refractivity contribution is 7.13. The lowest BCUT2D eigenvalue weighted by Gasteiger charge is -2.18. The molecule has 1 aromatic heterocycles. The number of fused-ring (bicyclic) bond motifs is 1. The molecule has 1 aromatic carbocycles. The van der Waals surface area contributed by atoms with Crippen LogP contribution >= 0.6 is 11.3 Å². The topological polar surface area (TPSA) is 69.7 Å². The summed E-state index contributed by atoms with van der Waals surface area (Å²) in [6, 6.07) is 5.63. The van der Waals surface area contributed by atoms with Gasteiger partial charge in [0.05, 0.1) is 19.2 Å². The predicted molar refractivity (Wildman–Crippen MR) is 78.5 cm³/mol. The van der Waals surface area contributed by atoms with Gasteiger partial charge in [-0.05, 0) is 12.1 Å². The SMILES string of the molecule is COC(=O)Cc1csc(Nc2ccc3c(c2)OCCO3)n1. The number of ether oxygens (including phenoxy) is 3. The van der Waals surface area contributed by atoms with E-state index in [1.165, 1.54) is 18.4 Å². The number of esters is 1. The Bertz CT molecular complexity index is 656. The van der Waals surface area contributed by atoms with Crippen molar-refractivity contribution < 1.29 is 19.0 Å². The van der Waals surface area contributed by atoms with Crippen molar-refractivity contribution in [2.45, 2.75) is 6.42 Å². The van der Waals surface area contributed by atoms with E-state index < -0.39 is 0 Å². The molecule has 0 atom stereocenters. The quantitative estimate of drug-likeness (QED) is 0.875. The lowest BCUT2D eigenvalue weighted by Crippen LogP contribution is -2.15. The summed E-state index contributed by atoms with van der Waals surface area (Å²) < 4.78 is 15.6. The monoisotopic (exact) mass is 306 g/mol. The average Bonchev–Trinajstić information content (AvgIpc) is 2.94. The summed E-state index contributed by atoms with van der Waals surface area (Å²) in [6.45, 7) is 1.13. The number of thiazole rings is 1. The van der Waals surface area contributed by atoms with E-state index in [0.717, 1.165) is 17.2 Å². The van der Waals surface area contributed by atoms with Gasteiger partial charge in [0.2, 0.25) is 0 Å². The summed E-state index contributed by atoms with van der Waals surface area (Å²) >= 11 is 1.43. The third kappa shape index (κ3) is 3.25. The second-order valence-electron chi connectivity index (χ2n) is 4.38. The molecule has 7 heteroatoms. The van der Waals surface area contributed by atoms with Crippen LogP contribution in [0.5, 0.6) is 11.5 Å². The van der Waals surface area contributed by atoms with Crippen LogP contribution in [0, 0.1) is 0 Å². The Morgan fingerprint density at radius 3 is 3.00 bits per heavy atom. The summed E-state index contributed by atoms with van der Waals surface area (Å²) in [6.07, 6.45) is 0.176. The molecule has 0 aliphatic carbocycles. The van der Waals surface area contributed by atoms with E-state index in [2.05, 4.69) is 15.0 Å². The summed E-state index contributed by atoms with van der Waals surface area (Å²) in [5.41, 5.74) is 1.55. The Kier molecular flexibility index (Phi) is 3.92. The van der Waals surface area contributed by atoms with E-state index in [-0.39, 0.29) is 12.4 Å². The number of aromatic nitrogens is 1. The molecule has 1 aliphatic rings. The number of carbonyl (C=O) groups excluding carboxylic acids is 1. The summed E-state index contributed by atoms with van der Waals surface area (Å²) in [5, 5.41) is 5.73. The van der Waals surface area contributed by atoms with Crippen molar-refractivity contribution in [2.75, 3.05) is 25.6 Å². The van der Waals surface area contributed by atoms with E-state index in [1.807, 2.05) is 23.6 Å². The van der Waals surface area contributed by atoms with Gasteiger partial charge in [-0.1, -0.05) is 0 Å². The first-order chi connectivity index (χ1) is 10.2. The van der Waals surface area contributed by atoms with Gasteiger partial charge in [-0.2, -0.15) is 0 Å². The lowest BCUT2D eigenvalue weighted by molar-refractivity contribution is -0.139. The van der Waals surface area contributed by atoms with Gasteiger partial charge in [-0.15, -0.1) is 11.3 Å². The fraction of sp³-hybridized carbons (Fsp3) is 0.286. The van der Waals surface area contributed by atoms with Gasteiger partial charge in [-0.25, -0.2) is 4.98 Å². The van der Waals surface area contributed by atoms with Gasteiger partial charge >= 0.3 is 5.97 Å². The second kappa shape index (κ2) is 6.01. The summed E-state index contributed by atoms with van der Waals surface area (Å²) in [5.74, 6) is 1.17. The van der Waals surface area contributed by atoms with E-state index in [4.69, 9.17) is 9.47 Å². The zero-order valence-electron chi connectivity index (χ0n) is 11.4. The molecule has 1 N–H and O–H groups in total. The highest BCUT2D eigenvalue weighted by atomic mass is 32.1. The molecule has 0 bridgehead atoms. The molecule has 2 aromatic rings. The molecule has 0 fully saturated rings. The molecule has 0 radical (unpaired) electrons. The zero-order valence-corrected chi connectivity index (χ0v) is 12.2. The molecular formula is C14H14N2O4S. The van der Waals surface area contributed by atoms with Crippen molar-refractivity contribution in [2.24, 2.45) is 0 Å². The van der Waals surface area contributed by atoms with Crippen molar-refractivity contribution in [3.63, 3.8) is 0 Å². The minimum absolute atomic E-state index is 0.176. The first kappa shape index (κ1) is 13.7. The van der Waals surface area contributed by atoms with Crippen LogP contribution in [0.2, 0.25) is 0 Å². The molecule has 6 nitrogen and oxygen atoms in total. The molecule has 1 aliphatic heterocycles. The predicted octanol–water partition coefficient (Wildman–Crippen LogP) is 2.37. The van der Waals surface area contributed by atoms with E-state index >= 15 is 0 Å². The number of benzene rings is 1. The third-order valence-electron chi connectivity index (χ3n) is 2.90. The summed E-state index contributed by atoms with van der Waals surface area (Å²) in [7, 11) is 1.36. The first-order valence-electron chi connectivity index (χ1n) is 6.42. The van der Waals surface area contributed by atoms with Crippen LogP contribution in [0.4, 0.5) is 10.8 Å². The van der Waals surface area contributed by atoms with E-state index in [9.17, 15) is 4.79 Å². The Balaban J connectivity index is 1.70. The number of nitrogens with zero attached hydrogens (tertiary/aromatic N) is 1. The van der Waals surface area contributed by atoms with Crippen molar-refractivity contribution in [1.29, 1.82) is 0 Å². The van der Waals surface area contributed by atoms with Crippen LogP contribution in [-0.2, 0) is 16.0 Å². The number of methoxy groups -OCH3 is 1. The molecular weight excluding hydrogens is 292 g/mol. The summed E-state index contributed by atoms with van der Waals surface area (Å²) in [4.78, 5) is 15.5. The number of rotatable bonds is 4. The molecule has 110 valence electrons. The second-order valence-corrected chi connectivity index (χ2v) is 5.24. The van der Waals surface area contributed by atoms with Crippen molar-refractivity contribution in [1.82, 2.24) is 4.98 Å². The standard InChI is InChI=1S/C14H14N2O4S/c1-18-13(17)7-10-8-21-14(16-10)15-9-2-3-11-12(6-9)20-5-4-19-11/h2-3,6,8H,4-5,7H2,1H3,(H,15,16).